The molecular weight excluding hydrogens is 348 g/mol. The highest BCUT2D eigenvalue weighted by Gasteiger charge is 2.57. The van der Waals surface area contributed by atoms with Gasteiger partial charge in [0.1, 0.15) is 5.75 Å². The molecule has 2 aromatic carbocycles. The molecule has 0 radical (unpaired) electrons. The van der Waals surface area contributed by atoms with Gasteiger partial charge in [-0.1, -0.05) is 32.9 Å². The Bertz CT molecular complexity index is 1020. The first kappa shape index (κ1) is 17.5. The van der Waals surface area contributed by atoms with Gasteiger partial charge in [0.2, 0.25) is 0 Å². The van der Waals surface area contributed by atoms with Crippen molar-refractivity contribution in [3.63, 3.8) is 0 Å². The molecule has 144 valence electrons. The van der Waals surface area contributed by atoms with Crippen molar-refractivity contribution >= 4 is 17.8 Å². The van der Waals surface area contributed by atoms with Gasteiger partial charge in [-0.3, -0.25) is 9.79 Å². The lowest BCUT2D eigenvalue weighted by Gasteiger charge is -2.60. The number of nitrogens with zero attached hydrogens (tertiary/aromatic N) is 2. The van der Waals surface area contributed by atoms with E-state index in [4.69, 9.17) is 0 Å². The third-order valence-electron chi connectivity index (χ3n) is 7.76. The summed E-state index contributed by atoms with van der Waals surface area (Å²) in [7, 11) is 0. The SMILES string of the molecule is CC1(C)[C@H]2Cc3c(O)cccc3[C@]1(C)CCN2C(=O)c1ccc2c(c1)CC=N2. The molecule has 28 heavy (non-hydrogen) atoms. The number of benzene rings is 2. The van der Waals surface area contributed by atoms with Crippen molar-refractivity contribution in [2.24, 2.45) is 10.4 Å². The summed E-state index contributed by atoms with van der Waals surface area (Å²) in [6.45, 7) is 7.60. The van der Waals surface area contributed by atoms with Crippen LogP contribution in [-0.2, 0) is 18.3 Å². The molecule has 2 aromatic rings. The maximum Gasteiger partial charge on any atom is 0.254 e. The number of phenols is 1. The number of rotatable bonds is 1. The van der Waals surface area contributed by atoms with Crippen LogP contribution in [-0.4, -0.2) is 34.7 Å². The van der Waals surface area contributed by atoms with E-state index in [1.54, 1.807) is 6.07 Å². The lowest BCUT2D eigenvalue weighted by Crippen LogP contribution is -2.64. The summed E-state index contributed by atoms with van der Waals surface area (Å²) in [5.74, 6) is 0.446. The molecular formula is C24H26N2O2. The van der Waals surface area contributed by atoms with E-state index >= 15 is 0 Å². The van der Waals surface area contributed by atoms with Crippen LogP contribution in [0.5, 0.6) is 5.75 Å². The Morgan fingerprint density at radius 3 is 2.86 bits per heavy atom. The first-order valence-electron chi connectivity index (χ1n) is 10.1. The molecule has 0 saturated carbocycles. The summed E-state index contributed by atoms with van der Waals surface area (Å²) in [5, 5.41) is 10.5. The first-order valence-corrected chi connectivity index (χ1v) is 10.1. The zero-order valence-electron chi connectivity index (χ0n) is 16.7. The second-order valence-electron chi connectivity index (χ2n) is 9.18. The van der Waals surface area contributed by atoms with Gasteiger partial charge in [-0.2, -0.15) is 0 Å². The molecule has 2 heterocycles. The Hall–Kier alpha value is -2.62. The number of piperidine rings is 1. The Labute approximate surface area is 165 Å². The molecule has 1 saturated heterocycles. The molecule has 0 aromatic heterocycles. The van der Waals surface area contributed by atoms with Crippen LogP contribution in [0.15, 0.2) is 41.4 Å². The number of carbonyl (C=O) groups excluding carboxylic acids is 1. The molecule has 0 unspecified atom stereocenters. The lowest BCUT2D eigenvalue weighted by molar-refractivity contribution is -0.0266. The highest BCUT2D eigenvalue weighted by Crippen LogP contribution is 2.57. The van der Waals surface area contributed by atoms with E-state index in [1.807, 2.05) is 30.5 Å². The van der Waals surface area contributed by atoms with Crippen molar-refractivity contribution in [3.05, 3.63) is 58.7 Å². The van der Waals surface area contributed by atoms with Crippen molar-refractivity contribution < 1.29 is 9.90 Å². The Balaban J connectivity index is 1.56. The molecule has 5 rings (SSSR count). The van der Waals surface area contributed by atoms with Crippen LogP contribution in [0, 0.1) is 5.41 Å². The average molecular weight is 374 g/mol. The summed E-state index contributed by atoms with van der Waals surface area (Å²) >= 11 is 0. The van der Waals surface area contributed by atoms with Gasteiger partial charge in [0, 0.05) is 36.2 Å². The predicted octanol–water partition coefficient (Wildman–Crippen LogP) is 4.41. The van der Waals surface area contributed by atoms with Crippen molar-refractivity contribution in [2.75, 3.05) is 6.54 Å². The fourth-order valence-corrected chi connectivity index (χ4v) is 5.59. The molecule has 3 aliphatic rings. The van der Waals surface area contributed by atoms with Crippen molar-refractivity contribution in [3.8, 4) is 5.75 Å². The van der Waals surface area contributed by atoms with Gasteiger partial charge in [-0.05, 0) is 59.2 Å². The lowest BCUT2D eigenvalue weighted by atomic mass is 9.51. The number of hydrogen-bond donors (Lipinski definition) is 1. The minimum atomic E-state index is -0.0818. The molecule has 4 heteroatoms. The van der Waals surface area contributed by atoms with Gasteiger partial charge in [-0.25, -0.2) is 0 Å². The van der Waals surface area contributed by atoms with E-state index in [-0.39, 0.29) is 22.8 Å². The molecule has 2 atom stereocenters. The number of fused-ring (bicyclic) bond motifs is 5. The molecule has 1 aliphatic carbocycles. The number of aliphatic imine (C=N–C) groups is 1. The summed E-state index contributed by atoms with van der Waals surface area (Å²) in [6.07, 6.45) is 4.29. The molecule has 1 N–H and O–H groups in total. The summed E-state index contributed by atoms with van der Waals surface area (Å²) < 4.78 is 0. The van der Waals surface area contributed by atoms with Gasteiger partial charge < -0.3 is 10.0 Å². The zero-order chi connectivity index (χ0) is 19.7. The third-order valence-corrected chi connectivity index (χ3v) is 7.76. The largest absolute Gasteiger partial charge is 0.508 e. The van der Waals surface area contributed by atoms with Gasteiger partial charge in [0.25, 0.3) is 5.91 Å². The van der Waals surface area contributed by atoms with Gasteiger partial charge in [0.15, 0.2) is 0 Å². The maximum absolute atomic E-state index is 13.5. The molecule has 4 nitrogen and oxygen atoms in total. The second kappa shape index (κ2) is 5.69. The normalized spacial score (nSPS) is 26.7. The molecule has 1 amide bonds. The number of aromatic hydroxyl groups is 1. The van der Waals surface area contributed by atoms with Crippen molar-refractivity contribution in [1.29, 1.82) is 0 Å². The number of likely N-dealkylation sites (tertiary alicyclic amines) is 1. The first-order chi connectivity index (χ1) is 13.3. The Morgan fingerprint density at radius 1 is 1.21 bits per heavy atom. The monoisotopic (exact) mass is 374 g/mol. The number of carbonyl (C=O) groups is 1. The summed E-state index contributed by atoms with van der Waals surface area (Å²) in [6, 6.07) is 11.8. The summed E-state index contributed by atoms with van der Waals surface area (Å²) in [5.41, 5.74) is 4.95. The highest BCUT2D eigenvalue weighted by molar-refractivity contribution is 5.96. The number of phenolic OH excluding ortho intramolecular Hbond substituents is 1. The van der Waals surface area contributed by atoms with Gasteiger partial charge in [-0.15, -0.1) is 0 Å². The smallest absolute Gasteiger partial charge is 0.254 e. The molecule has 1 fully saturated rings. The molecule has 2 bridgehead atoms. The van der Waals surface area contributed by atoms with Crippen LogP contribution in [0.1, 0.15) is 54.2 Å². The minimum absolute atomic E-state index is 0.0593. The minimum Gasteiger partial charge on any atom is -0.508 e. The Kier molecular flexibility index (Phi) is 3.55. The Morgan fingerprint density at radius 2 is 2.04 bits per heavy atom. The molecule has 2 aliphatic heterocycles. The van der Waals surface area contributed by atoms with Gasteiger partial charge in [0.05, 0.1) is 5.69 Å². The fourth-order valence-electron chi connectivity index (χ4n) is 5.59. The van der Waals surface area contributed by atoms with Crippen LogP contribution in [0.2, 0.25) is 0 Å². The van der Waals surface area contributed by atoms with Crippen LogP contribution in [0.3, 0.4) is 0 Å². The van der Waals surface area contributed by atoms with E-state index in [1.165, 1.54) is 5.56 Å². The zero-order valence-corrected chi connectivity index (χ0v) is 16.7. The van der Waals surface area contributed by atoms with Crippen LogP contribution in [0.25, 0.3) is 0 Å². The van der Waals surface area contributed by atoms with Gasteiger partial charge >= 0.3 is 0 Å². The van der Waals surface area contributed by atoms with Crippen LogP contribution in [0.4, 0.5) is 5.69 Å². The number of hydrogen-bond acceptors (Lipinski definition) is 3. The van der Waals surface area contributed by atoms with Crippen molar-refractivity contribution in [2.45, 2.75) is 51.5 Å². The van der Waals surface area contributed by atoms with E-state index in [0.717, 1.165) is 41.8 Å². The highest BCUT2D eigenvalue weighted by atomic mass is 16.3. The molecule has 0 spiro atoms. The van der Waals surface area contributed by atoms with Crippen LogP contribution < -0.4 is 0 Å². The quantitative estimate of drug-likeness (QED) is 0.804. The van der Waals surface area contributed by atoms with Crippen LogP contribution >= 0.6 is 0 Å². The standard InChI is InChI=1S/C24H26N2O2/c1-23(2)21-14-17-18(5-4-6-20(17)27)24(23,3)10-12-26(21)22(28)16-7-8-19-15(13-16)9-11-25-19/h4-8,11,13,21,27H,9-10,12,14H2,1-3H3/t21-,24+/m1/s1. The van der Waals surface area contributed by atoms with E-state index in [2.05, 4.69) is 36.7 Å². The summed E-state index contributed by atoms with van der Waals surface area (Å²) in [4.78, 5) is 19.9. The fraction of sp³-hybridized carbons (Fsp3) is 0.417. The topological polar surface area (TPSA) is 52.9 Å². The van der Waals surface area contributed by atoms with E-state index < -0.39 is 0 Å². The average Bonchev–Trinajstić information content (AvgIpc) is 3.12. The third kappa shape index (κ3) is 2.17. The van der Waals surface area contributed by atoms with E-state index in [0.29, 0.717) is 12.2 Å². The van der Waals surface area contributed by atoms with E-state index in [9.17, 15) is 9.90 Å². The maximum atomic E-state index is 13.5. The number of amides is 1. The predicted molar refractivity (Wildman–Crippen MR) is 111 cm³/mol. The second-order valence-corrected chi connectivity index (χ2v) is 9.18. The van der Waals surface area contributed by atoms with Crippen molar-refractivity contribution in [1.82, 2.24) is 4.90 Å².